The topological polar surface area (TPSA) is 79.0 Å². The van der Waals surface area contributed by atoms with Gasteiger partial charge >= 0.3 is 0 Å². The number of H-pyrrole nitrogens is 1. The first-order valence-electron chi connectivity index (χ1n) is 7.65. The van der Waals surface area contributed by atoms with Crippen LogP contribution in [0.1, 0.15) is 16.7 Å². The third-order valence-corrected chi connectivity index (χ3v) is 5.87. The van der Waals surface area contributed by atoms with Crippen molar-refractivity contribution in [2.75, 3.05) is 0 Å². The zero-order chi connectivity index (χ0) is 18.2. The average Bonchev–Trinajstić information content (AvgIpc) is 2.53. The van der Waals surface area contributed by atoms with Crippen molar-refractivity contribution in [1.29, 1.82) is 0 Å². The molecule has 0 aliphatic rings. The summed E-state index contributed by atoms with van der Waals surface area (Å²) in [4.78, 5) is 15.1. The van der Waals surface area contributed by atoms with E-state index in [-0.39, 0.29) is 22.0 Å². The monoisotopic (exact) mass is 376 g/mol. The summed E-state index contributed by atoms with van der Waals surface area (Å²) in [6.45, 7) is 3.79. The third-order valence-electron chi connectivity index (χ3n) is 3.97. The van der Waals surface area contributed by atoms with Gasteiger partial charge in [0.25, 0.3) is 5.56 Å². The molecule has 0 radical (unpaired) electrons. The van der Waals surface area contributed by atoms with E-state index in [1.165, 1.54) is 12.1 Å². The number of sulfonamides is 1. The summed E-state index contributed by atoms with van der Waals surface area (Å²) < 4.78 is 27.2. The Hall–Kier alpha value is -2.15. The number of nitrogens with one attached hydrogen (secondary N) is 2. The first-order chi connectivity index (χ1) is 11.8. The number of fused-ring (bicyclic) bond motifs is 1. The molecule has 0 saturated heterocycles. The van der Waals surface area contributed by atoms with Crippen LogP contribution in [0.4, 0.5) is 0 Å². The normalized spacial score (nSPS) is 11.8. The highest BCUT2D eigenvalue weighted by atomic mass is 35.5. The van der Waals surface area contributed by atoms with E-state index < -0.39 is 10.0 Å². The molecule has 0 aliphatic carbocycles. The minimum atomic E-state index is -3.81. The number of halogens is 1. The maximum atomic E-state index is 12.4. The lowest BCUT2D eigenvalue weighted by Gasteiger charge is -2.10. The Morgan fingerprint density at radius 3 is 2.56 bits per heavy atom. The molecule has 2 N–H and O–H groups in total. The standard InChI is InChI=1S/C18H17ClN2O3S/c1-11-7-12(2)14-9-13(18(22)21-16(14)8-11)10-20-25(23,24)17-6-4-3-5-15(17)19/h3-9,20H,10H2,1-2H3,(H,21,22). The first-order valence-corrected chi connectivity index (χ1v) is 9.51. The molecular weight excluding hydrogens is 360 g/mol. The van der Waals surface area contributed by atoms with Crippen molar-refractivity contribution >= 4 is 32.5 Å². The minimum absolute atomic E-state index is 0.0133. The van der Waals surface area contributed by atoms with Gasteiger partial charge in [0.05, 0.1) is 5.02 Å². The second-order valence-electron chi connectivity index (χ2n) is 5.92. The summed E-state index contributed by atoms with van der Waals surface area (Å²) in [5.41, 5.74) is 2.82. The van der Waals surface area contributed by atoms with Crippen LogP contribution in [0.25, 0.3) is 10.9 Å². The fraction of sp³-hybridized carbons (Fsp3) is 0.167. The number of hydrogen-bond donors (Lipinski definition) is 2. The van der Waals surface area contributed by atoms with E-state index in [0.717, 1.165) is 22.0 Å². The van der Waals surface area contributed by atoms with Crippen molar-refractivity contribution in [2.24, 2.45) is 0 Å². The van der Waals surface area contributed by atoms with Crippen molar-refractivity contribution in [3.63, 3.8) is 0 Å². The molecule has 3 rings (SSSR count). The van der Waals surface area contributed by atoms with Gasteiger partial charge in [0.1, 0.15) is 4.90 Å². The maximum absolute atomic E-state index is 12.4. The van der Waals surface area contributed by atoms with Gasteiger partial charge in [0.15, 0.2) is 0 Å². The first kappa shape index (κ1) is 17.7. The summed E-state index contributed by atoms with van der Waals surface area (Å²) in [5.74, 6) is 0. The van der Waals surface area contributed by atoms with Crippen LogP contribution in [-0.4, -0.2) is 13.4 Å². The smallest absolute Gasteiger partial charge is 0.252 e. The molecule has 7 heteroatoms. The molecule has 2 aromatic carbocycles. The van der Waals surface area contributed by atoms with E-state index in [0.29, 0.717) is 5.56 Å². The van der Waals surface area contributed by atoms with Gasteiger partial charge in [-0.1, -0.05) is 29.8 Å². The highest BCUT2D eigenvalue weighted by molar-refractivity contribution is 7.89. The molecule has 25 heavy (non-hydrogen) atoms. The number of aryl methyl sites for hydroxylation is 2. The Labute approximate surface area is 150 Å². The number of benzene rings is 2. The van der Waals surface area contributed by atoms with Crippen molar-refractivity contribution in [3.8, 4) is 0 Å². The fourth-order valence-electron chi connectivity index (χ4n) is 2.76. The van der Waals surface area contributed by atoms with E-state index >= 15 is 0 Å². The van der Waals surface area contributed by atoms with Crippen molar-refractivity contribution < 1.29 is 8.42 Å². The van der Waals surface area contributed by atoms with Gasteiger partial charge in [-0.05, 0) is 49.2 Å². The van der Waals surface area contributed by atoms with Crippen LogP contribution in [0.3, 0.4) is 0 Å². The Morgan fingerprint density at radius 1 is 1.12 bits per heavy atom. The largest absolute Gasteiger partial charge is 0.322 e. The molecule has 1 aromatic heterocycles. The number of rotatable bonds is 4. The predicted molar refractivity (Wildman–Crippen MR) is 99.5 cm³/mol. The summed E-state index contributed by atoms with van der Waals surface area (Å²) >= 11 is 5.95. The predicted octanol–water partition coefficient (Wildman–Crippen LogP) is 3.28. The maximum Gasteiger partial charge on any atom is 0.252 e. The number of aromatic amines is 1. The van der Waals surface area contributed by atoms with Crippen LogP contribution in [0.5, 0.6) is 0 Å². The van der Waals surface area contributed by atoms with Gasteiger partial charge in [-0.2, -0.15) is 0 Å². The van der Waals surface area contributed by atoms with Crippen LogP contribution in [0.15, 0.2) is 52.2 Å². The Balaban J connectivity index is 1.95. The zero-order valence-electron chi connectivity index (χ0n) is 13.8. The lowest BCUT2D eigenvalue weighted by atomic mass is 10.0. The molecule has 0 spiro atoms. The van der Waals surface area contributed by atoms with E-state index in [1.807, 2.05) is 26.0 Å². The number of pyridine rings is 1. The second-order valence-corrected chi connectivity index (χ2v) is 8.06. The van der Waals surface area contributed by atoms with Crippen molar-refractivity contribution in [3.05, 3.63) is 74.5 Å². The van der Waals surface area contributed by atoms with Crippen LogP contribution in [0, 0.1) is 13.8 Å². The quantitative estimate of drug-likeness (QED) is 0.733. The average molecular weight is 377 g/mol. The van der Waals surface area contributed by atoms with Crippen molar-refractivity contribution in [2.45, 2.75) is 25.3 Å². The molecule has 0 saturated carbocycles. The van der Waals surface area contributed by atoms with Crippen LogP contribution >= 0.6 is 11.6 Å². The molecule has 0 bridgehead atoms. The lowest BCUT2D eigenvalue weighted by Crippen LogP contribution is -2.27. The van der Waals surface area contributed by atoms with Crippen LogP contribution in [-0.2, 0) is 16.6 Å². The molecule has 130 valence electrons. The number of hydrogen-bond acceptors (Lipinski definition) is 3. The van der Waals surface area contributed by atoms with Gasteiger partial charge in [-0.3, -0.25) is 4.79 Å². The summed E-state index contributed by atoms with van der Waals surface area (Å²) in [5, 5.41) is 1.02. The molecule has 5 nitrogen and oxygen atoms in total. The molecule has 0 unspecified atom stereocenters. The molecule has 0 fully saturated rings. The van der Waals surface area contributed by atoms with E-state index in [2.05, 4.69) is 9.71 Å². The molecule has 3 aromatic rings. The van der Waals surface area contributed by atoms with Crippen LogP contribution < -0.4 is 10.3 Å². The van der Waals surface area contributed by atoms with Gasteiger partial charge < -0.3 is 4.98 Å². The zero-order valence-corrected chi connectivity index (χ0v) is 15.3. The molecule has 0 atom stereocenters. The number of aromatic nitrogens is 1. The molecule has 0 aliphatic heterocycles. The summed E-state index contributed by atoms with van der Waals surface area (Å²) in [6, 6.07) is 11.8. The second kappa shape index (κ2) is 6.63. The van der Waals surface area contributed by atoms with Crippen molar-refractivity contribution in [1.82, 2.24) is 9.71 Å². The Bertz CT molecular complexity index is 1120. The summed E-state index contributed by atoms with van der Waals surface area (Å²) in [6.07, 6.45) is 0. The highest BCUT2D eigenvalue weighted by Gasteiger charge is 2.18. The van der Waals surface area contributed by atoms with E-state index in [9.17, 15) is 13.2 Å². The lowest BCUT2D eigenvalue weighted by molar-refractivity contribution is 0.581. The van der Waals surface area contributed by atoms with Gasteiger partial charge in [-0.25, -0.2) is 13.1 Å². The highest BCUT2D eigenvalue weighted by Crippen LogP contribution is 2.21. The third kappa shape index (κ3) is 3.61. The Kier molecular flexibility index (Phi) is 4.69. The minimum Gasteiger partial charge on any atom is -0.322 e. The fourth-order valence-corrected chi connectivity index (χ4v) is 4.28. The van der Waals surface area contributed by atoms with Crippen LogP contribution in [0.2, 0.25) is 5.02 Å². The SMILES string of the molecule is Cc1cc(C)c2cc(CNS(=O)(=O)c3ccccc3Cl)c(=O)[nH]c2c1. The van der Waals surface area contributed by atoms with E-state index in [1.54, 1.807) is 18.2 Å². The van der Waals surface area contributed by atoms with Gasteiger partial charge in [0.2, 0.25) is 10.0 Å². The molecule has 0 amide bonds. The molecule has 1 heterocycles. The van der Waals surface area contributed by atoms with Gasteiger partial charge in [-0.15, -0.1) is 0 Å². The summed E-state index contributed by atoms with van der Waals surface area (Å²) in [7, 11) is -3.81. The van der Waals surface area contributed by atoms with E-state index in [4.69, 9.17) is 11.6 Å². The Morgan fingerprint density at radius 2 is 1.84 bits per heavy atom. The van der Waals surface area contributed by atoms with Gasteiger partial charge in [0, 0.05) is 23.0 Å². The molecular formula is C18H17ClN2O3S.